The third-order valence-corrected chi connectivity index (χ3v) is 2.55. The quantitative estimate of drug-likeness (QED) is 0.591. The van der Waals surface area contributed by atoms with E-state index in [-0.39, 0.29) is 5.91 Å². The molecule has 0 fully saturated rings. The molecular weight excluding hydrogens is 270 g/mol. The Morgan fingerprint density at radius 3 is 2.94 bits per heavy atom. The number of pyridine rings is 1. The molecule has 16 heavy (non-hydrogen) atoms. The number of amides is 1. The van der Waals surface area contributed by atoms with Crippen LogP contribution < -0.4 is 11.1 Å². The molecule has 5 heteroatoms. The van der Waals surface area contributed by atoms with Gasteiger partial charge in [0.15, 0.2) is 0 Å². The fourth-order valence-corrected chi connectivity index (χ4v) is 1.69. The Labute approximate surface area is 104 Å². The Balaban J connectivity index is 2.09. The van der Waals surface area contributed by atoms with E-state index in [0.29, 0.717) is 6.42 Å². The summed E-state index contributed by atoms with van der Waals surface area (Å²) in [6.07, 6.45) is 2.27. The molecule has 0 spiro atoms. The molecule has 0 unspecified atom stereocenters. The highest BCUT2D eigenvalue weighted by atomic mass is 79.9. The molecule has 88 valence electrons. The van der Waals surface area contributed by atoms with Crippen LogP contribution in [0.5, 0.6) is 0 Å². The maximum atomic E-state index is 10.5. The van der Waals surface area contributed by atoms with Crippen molar-refractivity contribution >= 4 is 21.8 Å². The first-order chi connectivity index (χ1) is 7.68. The number of nitrogens with zero attached hydrogens (tertiary/aromatic N) is 1. The lowest BCUT2D eigenvalue weighted by Gasteiger charge is -2.04. The van der Waals surface area contributed by atoms with Crippen LogP contribution >= 0.6 is 15.9 Å². The first kappa shape index (κ1) is 13.1. The van der Waals surface area contributed by atoms with Gasteiger partial charge in [-0.15, -0.1) is 0 Å². The molecule has 1 aromatic rings. The largest absolute Gasteiger partial charge is 0.370 e. The van der Waals surface area contributed by atoms with Crippen LogP contribution in [0.2, 0.25) is 0 Å². The Kier molecular flexibility index (Phi) is 6.03. The summed E-state index contributed by atoms with van der Waals surface area (Å²) in [5.41, 5.74) is 6.04. The van der Waals surface area contributed by atoms with Crippen molar-refractivity contribution in [1.29, 1.82) is 0 Å². The predicted octanol–water partition coefficient (Wildman–Crippen LogP) is 1.59. The molecule has 0 bridgehead atoms. The van der Waals surface area contributed by atoms with Crippen LogP contribution in [0.25, 0.3) is 0 Å². The second-order valence-electron chi connectivity index (χ2n) is 3.55. The number of unbranched alkanes of at least 4 members (excludes halogenated alkanes) is 1. The van der Waals surface area contributed by atoms with Gasteiger partial charge in [0.1, 0.15) is 4.60 Å². The number of carbonyl (C=O) groups excluding carboxylic acids is 1. The first-order valence-corrected chi connectivity index (χ1v) is 6.08. The minimum Gasteiger partial charge on any atom is -0.370 e. The molecule has 1 rings (SSSR count). The summed E-state index contributed by atoms with van der Waals surface area (Å²) < 4.78 is 0.848. The van der Waals surface area contributed by atoms with Crippen molar-refractivity contribution in [3.05, 3.63) is 28.5 Å². The van der Waals surface area contributed by atoms with E-state index in [0.717, 1.165) is 36.2 Å². The molecule has 1 heterocycles. The van der Waals surface area contributed by atoms with Crippen molar-refractivity contribution in [3.8, 4) is 0 Å². The number of hydrogen-bond acceptors (Lipinski definition) is 3. The van der Waals surface area contributed by atoms with Crippen LogP contribution in [-0.2, 0) is 11.3 Å². The molecule has 0 aliphatic rings. The monoisotopic (exact) mass is 285 g/mol. The van der Waals surface area contributed by atoms with Crippen LogP contribution in [0.1, 0.15) is 25.0 Å². The van der Waals surface area contributed by atoms with E-state index < -0.39 is 0 Å². The number of carbonyl (C=O) groups is 1. The van der Waals surface area contributed by atoms with Gasteiger partial charge >= 0.3 is 0 Å². The zero-order valence-electron chi connectivity index (χ0n) is 9.08. The summed E-state index contributed by atoms with van der Waals surface area (Å²) in [7, 11) is 0. The number of aromatic nitrogens is 1. The molecule has 0 radical (unpaired) electrons. The van der Waals surface area contributed by atoms with Crippen LogP contribution in [0.15, 0.2) is 22.8 Å². The van der Waals surface area contributed by atoms with E-state index >= 15 is 0 Å². The highest BCUT2D eigenvalue weighted by molar-refractivity contribution is 9.10. The van der Waals surface area contributed by atoms with E-state index in [1.807, 2.05) is 18.2 Å². The van der Waals surface area contributed by atoms with Crippen molar-refractivity contribution < 1.29 is 4.79 Å². The lowest BCUT2D eigenvalue weighted by atomic mass is 10.2. The predicted molar refractivity (Wildman–Crippen MR) is 66.7 cm³/mol. The van der Waals surface area contributed by atoms with E-state index in [2.05, 4.69) is 26.2 Å². The van der Waals surface area contributed by atoms with Crippen LogP contribution in [0.3, 0.4) is 0 Å². The van der Waals surface area contributed by atoms with Gasteiger partial charge in [-0.1, -0.05) is 6.07 Å². The summed E-state index contributed by atoms with van der Waals surface area (Å²) >= 11 is 3.32. The third-order valence-electron chi connectivity index (χ3n) is 2.11. The number of nitrogens with one attached hydrogen (secondary N) is 1. The second kappa shape index (κ2) is 7.35. The number of primary amides is 1. The highest BCUT2D eigenvalue weighted by Crippen LogP contribution is 2.05. The van der Waals surface area contributed by atoms with Crippen molar-refractivity contribution in [3.63, 3.8) is 0 Å². The minimum absolute atomic E-state index is 0.228. The van der Waals surface area contributed by atoms with Gasteiger partial charge in [-0.25, -0.2) is 4.98 Å². The number of halogens is 1. The van der Waals surface area contributed by atoms with E-state index in [1.165, 1.54) is 0 Å². The Morgan fingerprint density at radius 1 is 1.44 bits per heavy atom. The van der Waals surface area contributed by atoms with Crippen molar-refractivity contribution in [2.24, 2.45) is 5.73 Å². The first-order valence-electron chi connectivity index (χ1n) is 5.29. The standard InChI is InChI=1S/C11H16BrN3O/c12-10-5-3-4-9(15-10)8-14-7-2-1-6-11(13)16/h3-5,14H,1-2,6-8H2,(H2,13,16). The van der Waals surface area contributed by atoms with Crippen molar-refractivity contribution in [2.45, 2.75) is 25.8 Å². The average Bonchev–Trinajstić information content (AvgIpc) is 2.23. The summed E-state index contributed by atoms with van der Waals surface area (Å²) in [5, 5.41) is 3.27. The van der Waals surface area contributed by atoms with E-state index in [9.17, 15) is 4.79 Å². The second-order valence-corrected chi connectivity index (χ2v) is 4.36. The van der Waals surface area contributed by atoms with Gasteiger partial charge < -0.3 is 11.1 Å². The summed E-state index contributed by atoms with van der Waals surface area (Å²) in [6, 6.07) is 5.83. The zero-order valence-corrected chi connectivity index (χ0v) is 10.7. The maximum Gasteiger partial charge on any atom is 0.217 e. The molecule has 0 saturated heterocycles. The van der Waals surface area contributed by atoms with Gasteiger partial charge in [-0.3, -0.25) is 4.79 Å². The Bertz CT molecular complexity index is 344. The third kappa shape index (κ3) is 5.82. The zero-order chi connectivity index (χ0) is 11.8. The van der Waals surface area contributed by atoms with Gasteiger partial charge in [-0.05, 0) is 47.4 Å². The average molecular weight is 286 g/mol. The summed E-state index contributed by atoms with van der Waals surface area (Å²) in [5.74, 6) is -0.228. The molecule has 0 aromatic carbocycles. The van der Waals surface area contributed by atoms with Crippen LogP contribution in [0.4, 0.5) is 0 Å². The van der Waals surface area contributed by atoms with Gasteiger partial charge in [0.05, 0.1) is 5.69 Å². The Hall–Kier alpha value is -0.940. The van der Waals surface area contributed by atoms with Gasteiger partial charge in [0.25, 0.3) is 0 Å². The van der Waals surface area contributed by atoms with E-state index in [4.69, 9.17) is 5.73 Å². The summed E-state index contributed by atoms with van der Waals surface area (Å²) in [6.45, 7) is 1.62. The maximum absolute atomic E-state index is 10.5. The van der Waals surface area contributed by atoms with E-state index in [1.54, 1.807) is 0 Å². The van der Waals surface area contributed by atoms with Gasteiger partial charge in [0.2, 0.25) is 5.91 Å². The Morgan fingerprint density at radius 2 is 2.25 bits per heavy atom. The molecule has 4 nitrogen and oxygen atoms in total. The fraction of sp³-hybridized carbons (Fsp3) is 0.455. The van der Waals surface area contributed by atoms with Crippen molar-refractivity contribution in [1.82, 2.24) is 10.3 Å². The molecule has 3 N–H and O–H groups in total. The molecule has 1 amide bonds. The smallest absolute Gasteiger partial charge is 0.217 e. The molecule has 1 aromatic heterocycles. The number of nitrogens with two attached hydrogens (primary N) is 1. The van der Waals surface area contributed by atoms with Crippen LogP contribution in [0, 0.1) is 0 Å². The molecule has 0 aliphatic heterocycles. The molecule has 0 saturated carbocycles. The fourth-order valence-electron chi connectivity index (χ4n) is 1.31. The molecule has 0 aliphatic carbocycles. The van der Waals surface area contributed by atoms with Gasteiger partial charge in [0, 0.05) is 13.0 Å². The SMILES string of the molecule is NC(=O)CCCCNCc1cccc(Br)n1. The van der Waals surface area contributed by atoms with Gasteiger partial charge in [-0.2, -0.15) is 0 Å². The van der Waals surface area contributed by atoms with Crippen LogP contribution in [-0.4, -0.2) is 17.4 Å². The number of rotatable bonds is 7. The topological polar surface area (TPSA) is 68.0 Å². The summed E-state index contributed by atoms with van der Waals surface area (Å²) in [4.78, 5) is 14.8. The molecule has 0 atom stereocenters. The highest BCUT2D eigenvalue weighted by Gasteiger charge is 1.96. The lowest BCUT2D eigenvalue weighted by molar-refractivity contribution is -0.118. The van der Waals surface area contributed by atoms with Crippen molar-refractivity contribution in [2.75, 3.05) is 6.54 Å². The molecular formula is C11H16BrN3O. The normalized spacial score (nSPS) is 10.3. The minimum atomic E-state index is -0.228. The number of hydrogen-bond donors (Lipinski definition) is 2. The lowest BCUT2D eigenvalue weighted by Crippen LogP contribution is -2.16.